The Morgan fingerprint density at radius 3 is 2.47 bits per heavy atom. The SMILES string of the molecule is [N-]=[N+]=NCC(O)C(O)c1ccc(F)cc1C(F)(F)F. The number of hydrogen-bond donors (Lipinski definition) is 2. The molecule has 19 heavy (non-hydrogen) atoms. The first kappa shape index (κ1) is 15.2. The van der Waals surface area contributed by atoms with Crippen molar-refractivity contribution in [1.82, 2.24) is 0 Å². The third kappa shape index (κ3) is 3.82. The first-order chi connectivity index (χ1) is 8.77. The maximum atomic E-state index is 12.8. The van der Waals surface area contributed by atoms with Crippen molar-refractivity contribution in [3.63, 3.8) is 0 Å². The van der Waals surface area contributed by atoms with Crippen molar-refractivity contribution in [2.45, 2.75) is 18.4 Å². The summed E-state index contributed by atoms with van der Waals surface area (Å²) >= 11 is 0. The van der Waals surface area contributed by atoms with Crippen LogP contribution in [-0.4, -0.2) is 22.9 Å². The van der Waals surface area contributed by atoms with Crippen molar-refractivity contribution in [1.29, 1.82) is 0 Å². The summed E-state index contributed by atoms with van der Waals surface area (Å²) in [5.74, 6) is -1.12. The molecular weight excluding hydrogens is 270 g/mol. The van der Waals surface area contributed by atoms with Gasteiger partial charge >= 0.3 is 6.18 Å². The van der Waals surface area contributed by atoms with Crippen molar-refractivity contribution in [2.75, 3.05) is 6.54 Å². The topological polar surface area (TPSA) is 89.2 Å². The highest BCUT2D eigenvalue weighted by molar-refractivity contribution is 5.32. The maximum absolute atomic E-state index is 12.8. The molecule has 0 amide bonds. The third-order valence-corrected chi connectivity index (χ3v) is 2.34. The molecule has 0 aliphatic rings. The summed E-state index contributed by atoms with van der Waals surface area (Å²) in [6.45, 7) is -0.605. The number of aliphatic hydroxyl groups is 2. The molecule has 0 saturated carbocycles. The number of alkyl halides is 3. The second-order valence-electron chi connectivity index (χ2n) is 3.65. The predicted octanol–water partition coefficient (Wildman–Crippen LogP) is 2.55. The maximum Gasteiger partial charge on any atom is 0.416 e. The number of nitrogens with zero attached hydrogens (tertiary/aromatic N) is 3. The second kappa shape index (κ2) is 5.87. The Kier molecular flexibility index (Phi) is 4.71. The van der Waals surface area contributed by atoms with Crippen LogP contribution in [0.5, 0.6) is 0 Å². The van der Waals surface area contributed by atoms with E-state index >= 15 is 0 Å². The Morgan fingerprint density at radius 2 is 1.95 bits per heavy atom. The lowest BCUT2D eigenvalue weighted by Gasteiger charge is -2.20. The molecule has 0 fully saturated rings. The highest BCUT2D eigenvalue weighted by Gasteiger charge is 2.36. The highest BCUT2D eigenvalue weighted by Crippen LogP contribution is 2.36. The monoisotopic (exact) mass is 279 g/mol. The Bertz CT molecular complexity index is 500. The molecule has 0 aliphatic heterocycles. The van der Waals surface area contributed by atoms with Crippen LogP contribution in [0.4, 0.5) is 17.6 Å². The molecular formula is C10H9F4N3O2. The average molecular weight is 279 g/mol. The van der Waals surface area contributed by atoms with Crippen LogP contribution in [0, 0.1) is 5.82 Å². The molecule has 2 atom stereocenters. The van der Waals surface area contributed by atoms with E-state index in [1.807, 2.05) is 0 Å². The van der Waals surface area contributed by atoms with Gasteiger partial charge in [0, 0.05) is 4.91 Å². The van der Waals surface area contributed by atoms with Crippen LogP contribution in [0.15, 0.2) is 23.3 Å². The van der Waals surface area contributed by atoms with Crippen molar-refractivity contribution in [2.24, 2.45) is 5.11 Å². The largest absolute Gasteiger partial charge is 0.416 e. The van der Waals surface area contributed by atoms with Crippen molar-refractivity contribution in [3.05, 3.63) is 45.6 Å². The van der Waals surface area contributed by atoms with Gasteiger partial charge in [0.1, 0.15) is 11.9 Å². The molecule has 1 aromatic rings. The van der Waals surface area contributed by atoms with Gasteiger partial charge in [0.2, 0.25) is 0 Å². The van der Waals surface area contributed by atoms with Crippen LogP contribution < -0.4 is 0 Å². The summed E-state index contributed by atoms with van der Waals surface area (Å²) in [5.41, 5.74) is 5.95. The van der Waals surface area contributed by atoms with Gasteiger partial charge in [-0.05, 0) is 23.2 Å². The van der Waals surface area contributed by atoms with Gasteiger partial charge < -0.3 is 10.2 Å². The molecule has 0 heterocycles. The summed E-state index contributed by atoms with van der Waals surface area (Å²) in [6, 6.07) is 1.68. The number of aliphatic hydroxyl groups excluding tert-OH is 2. The van der Waals surface area contributed by atoms with E-state index in [-0.39, 0.29) is 6.07 Å². The first-order valence-corrected chi connectivity index (χ1v) is 5.01. The lowest BCUT2D eigenvalue weighted by Crippen LogP contribution is -2.24. The van der Waals surface area contributed by atoms with E-state index in [2.05, 4.69) is 10.0 Å². The normalized spacial score (nSPS) is 14.6. The molecule has 0 spiro atoms. The summed E-state index contributed by atoms with van der Waals surface area (Å²) in [5, 5.41) is 21.9. The number of benzene rings is 1. The van der Waals surface area contributed by atoms with Gasteiger partial charge in [-0.1, -0.05) is 11.2 Å². The van der Waals surface area contributed by atoms with Crippen LogP contribution in [0.1, 0.15) is 17.2 Å². The Hall–Kier alpha value is -1.83. The lowest BCUT2D eigenvalue weighted by molar-refractivity contribution is -0.140. The number of hydrogen-bond acceptors (Lipinski definition) is 3. The smallest absolute Gasteiger partial charge is 0.390 e. The molecule has 0 radical (unpaired) electrons. The van der Waals surface area contributed by atoms with E-state index in [4.69, 9.17) is 5.53 Å². The number of azide groups is 1. The second-order valence-corrected chi connectivity index (χ2v) is 3.65. The molecule has 2 unspecified atom stereocenters. The zero-order chi connectivity index (χ0) is 14.6. The van der Waals surface area contributed by atoms with E-state index in [9.17, 15) is 27.8 Å². The Morgan fingerprint density at radius 1 is 1.32 bits per heavy atom. The molecule has 104 valence electrons. The fourth-order valence-electron chi connectivity index (χ4n) is 1.46. The van der Waals surface area contributed by atoms with E-state index < -0.39 is 41.9 Å². The minimum atomic E-state index is -4.88. The molecule has 2 N–H and O–H groups in total. The Balaban J connectivity index is 3.15. The van der Waals surface area contributed by atoms with Crippen molar-refractivity contribution < 1.29 is 27.8 Å². The summed E-state index contributed by atoms with van der Waals surface area (Å²) in [4.78, 5) is 2.31. The van der Waals surface area contributed by atoms with Gasteiger partial charge in [0.05, 0.1) is 18.2 Å². The average Bonchev–Trinajstić information content (AvgIpc) is 2.34. The van der Waals surface area contributed by atoms with Crippen LogP contribution in [0.2, 0.25) is 0 Å². The number of rotatable bonds is 4. The van der Waals surface area contributed by atoms with Crippen molar-refractivity contribution in [3.8, 4) is 0 Å². The number of halogens is 4. The van der Waals surface area contributed by atoms with E-state index in [0.29, 0.717) is 0 Å². The standard InChI is InChI=1S/C10H9F4N3O2/c11-5-1-2-6(7(3-5)10(12,13)14)9(19)8(18)4-16-17-15/h1-3,8-9,18-19H,4H2. The summed E-state index contributed by atoms with van der Waals surface area (Å²) in [7, 11) is 0. The van der Waals surface area contributed by atoms with Gasteiger partial charge in [0.15, 0.2) is 0 Å². The molecule has 5 nitrogen and oxygen atoms in total. The quantitative estimate of drug-likeness (QED) is 0.384. The first-order valence-electron chi connectivity index (χ1n) is 5.01. The molecule has 1 aromatic carbocycles. The predicted molar refractivity (Wildman–Crippen MR) is 56.4 cm³/mol. The fourth-order valence-corrected chi connectivity index (χ4v) is 1.46. The molecule has 0 aromatic heterocycles. The Labute approximate surface area is 104 Å². The van der Waals surface area contributed by atoms with E-state index in [1.165, 1.54) is 0 Å². The van der Waals surface area contributed by atoms with Gasteiger partial charge in [-0.15, -0.1) is 0 Å². The van der Waals surface area contributed by atoms with E-state index in [0.717, 1.165) is 12.1 Å². The highest BCUT2D eigenvalue weighted by atomic mass is 19.4. The lowest BCUT2D eigenvalue weighted by atomic mass is 9.98. The van der Waals surface area contributed by atoms with Gasteiger partial charge in [-0.3, -0.25) is 0 Å². The van der Waals surface area contributed by atoms with Crippen LogP contribution in [0.3, 0.4) is 0 Å². The molecule has 0 saturated heterocycles. The van der Waals surface area contributed by atoms with Gasteiger partial charge in [-0.25, -0.2) is 4.39 Å². The van der Waals surface area contributed by atoms with Crippen LogP contribution >= 0.6 is 0 Å². The van der Waals surface area contributed by atoms with Crippen LogP contribution in [-0.2, 0) is 6.18 Å². The fraction of sp³-hybridized carbons (Fsp3) is 0.400. The zero-order valence-corrected chi connectivity index (χ0v) is 9.34. The van der Waals surface area contributed by atoms with Crippen molar-refractivity contribution >= 4 is 0 Å². The molecule has 0 bridgehead atoms. The third-order valence-electron chi connectivity index (χ3n) is 2.34. The molecule has 0 aliphatic carbocycles. The molecule has 9 heteroatoms. The zero-order valence-electron chi connectivity index (χ0n) is 9.34. The molecule has 1 rings (SSSR count). The van der Waals surface area contributed by atoms with Gasteiger partial charge in [-0.2, -0.15) is 13.2 Å². The summed E-state index contributed by atoms with van der Waals surface area (Å²) in [6.07, 6.45) is -8.54. The van der Waals surface area contributed by atoms with E-state index in [1.54, 1.807) is 0 Å². The summed E-state index contributed by atoms with van der Waals surface area (Å²) < 4.78 is 50.8. The van der Waals surface area contributed by atoms with Crippen LogP contribution in [0.25, 0.3) is 10.4 Å². The van der Waals surface area contributed by atoms with Gasteiger partial charge in [0.25, 0.3) is 0 Å². The minimum absolute atomic E-state index is 0.221. The minimum Gasteiger partial charge on any atom is -0.390 e.